The number of thioether (sulfide) groups is 1. The van der Waals surface area contributed by atoms with Gasteiger partial charge in [-0.3, -0.25) is 14.4 Å². The molecule has 7 nitrogen and oxygen atoms in total. The maximum atomic E-state index is 14.2. The molecule has 216 valence electrons. The van der Waals surface area contributed by atoms with Crippen LogP contribution in [0, 0.1) is 18.6 Å². The highest BCUT2D eigenvalue weighted by atomic mass is 32.2. The highest BCUT2D eigenvalue weighted by Crippen LogP contribution is 2.30. The molecule has 41 heavy (non-hydrogen) atoms. The molecule has 3 N–H and O–H groups in total. The van der Waals surface area contributed by atoms with Crippen molar-refractivity contribution >= 4 is 29.5 Å². The summed E-state index contributed by atoms with van der Waals surface area (Å²) in [5.74, 6) is -3.08. The Morgan fingerprint density at radius 2 is 1.73 bits per heavy atom. The maximum Gasteiger partial charge on any atom is 0.254 e. The Bertz CT molecular complexity index is 1390. The van der Waals surface area contributed by atoms with E-state index in [1.807, 2.05) is 44.2 Å². The zero-order valence-corrected chi connectivity index (χ0v) is 23.7. The second-order valence-corrected chi connectivity index (χ2v) is 11.5. The van der Waals surface area contributed by atoms with Crippen LogP contribution in [0.1, 0.15) is 29.2 Å². The lowest BCUT2D eigenvalue weighted by atomic mass is 9.99. The van der Waals surface area contributed by atoms with Gasteiger partial charge in [0.05, 0.1) is 18.3 Å². The molecule has 1 aliphatic heterocycles. The van der Waals surface area contributed by atoms with Crippen molar-refractivity contribution in [3.05, 3.63) is 107 Å². The Kier molecular flexibility index (Phi) is 10.1. The van der Waals surface area contributed by atoms with E-state index in [1.165, 1.54) is 22.7 Å². The third-order valence-corrected chi connectivity index (χ3v) is 8.38. The molecule has 1 saturated heterocycles. The number of amides is 3. The predicted molar refractivity (Wildman–Crippen MR) is 154 cm³/mol. The highest BCUT2D eigenvalue weighted by Gasteiger charge is 2.43. The molecule has 0 saturated carbocycles. The van der Waals surface area contributed by atoms with E-state index in [-0.39, 0.29) is 29.0 Å². The molecule has 3 aromatic rings. The van der Waals surface area contributed by atoms with E-state index in [4.69, 9.17) is 0 Å². The summed E-state index contributed by atoms with van der Waals surface area (Å²) >= 11 is 1.42. The smallest absolute Gasteiger partial charge is 0.254 e. The van der Waals surface area contributed by atoms with Crippen molar-refractivity contribution < 1.29 is 28.3 Å². The molecule has 3 aromatic carbocycles. The van der Waals surface area contributed by atoms with E-state index in [1.54, 1.807) is 24.3 Å². The summed E-state index contributed by atoms with van der Waals surface area (Å²) in [7, 11) is 0. The number of rotatable bonds is 10. The standard InChI is InChI=1S/C31H33F2N3O4S/c1-19-8-6-7-11-23(19)17-34-30(39)28-20(2)41-18-36(28)31(40)29(38)26(14-21-9-4-3-5-10-21)35-27(37)15-22-12-13-24(32)16-25(22)33/h3-13,16,20,26,28-29,38H,14-15,17-18H2,1-2H3,(H,34,39)(H,35,37)/t20?,26-,28-,29-/m0/s1. The van der Waals surface area contributed by atoms with Gasteiger partial charge in [-0.15, -0.1) is 11.8 Å². The van der Waals surface area contributed by atoms with Crippen LogP contribution < -0.4 is 10.6 Å². The summed E-state index contributed by atoms with van der Waals surface area (Å²) in [6, 6.07) is 17.7. The summed E-state index contributed by atoms with van der Waals surface area (Å²) in [5.41, 5.74) is 2.73. The minimum absolute atomic E-state index is 0.0154. The van der Waals surface area contributed by atoms with Crippen molar-refractivity contribution in [3.8, 4) is 0 Å². The largest absolute Gasteiger partial charge is 0.381 e. The van der Waals surface area contributed by atoms with Crippen molar-refractivity contribution in [1.82, 2.24) is 15.5 Å². The Morgan fingerprint density at radius 3 is 2.44 bits per heavy atom. The molecule has 4 atom stereocenters. The number of aliphatic hydroxyl groups excluding tert-OH is 1. The van der Waals surface area contributed by atoms with Gasteiger partial charge in [0.25, 0.3) is 5.91 Å². The number of aliphatic hydroxyl groups is 1. The molecule has 3 amide bonds. The first kappa shape index (κ1) is 30.2. The Hall–Kier alpha value is -3.76. The summed E-state index contributed by atoms with van der Waals surface area (Å²) in [4.78, 5) is 41.1. The van der Waals surface area contributed by atoms with Gasteiger partial charge in [0.1, 0.15) is 17.7 Å². The number of halogens is 2. The fourth-order valence-electron chi connectivity index (χ4n) is 4.82. The molecule has 0 bridgehead atoms. The van der Waals surface area contributed by atoms with Crippen molar-refractivity contribution in [2.45, 2.75) is 56.7 Å². The van der Waals surface area contributed by atoms with Gasteiger partial charge in [-0.25, -0.2) is 8.78 Å². The number of aryl methyl sites for hydroxylation is 1. The molecule has 10 heteroatoms. The van der Waals surface area contributed by atoms with Crippen LogP contribution in [0.3, 0.4) is 0 Å². The number of hydrogen-bond acceptors (Lipinski definition) is 5. The lowest BCUT2D eigenvalue weighted by Gasteiger charge is -2.30. The molecular formula is C31H33F2N3O4S. The summed E-state index contributed by atoms with van der Waals surface area (Å²) < 4.78 is 27.5. The van der Waals surface area contributed by atoms with Gasteiger partial charge in [-0.05, 0) is 41.7 Å². The third-order valence-electron chi connectivity index (χ3n) is 7.17. The Balaban J connectivity index is 1.49. The second-order valence-electron chi connectivity index (χ2n) is 10.1. The van der Waals surface area contributed by atoms with E-state index < -0.39 is 48.1 Å². The summed E-state index contributed by atoms with van der Waals surface area (Å²) in [6.07, 6.45) is -1.96. The van der Waals surface area contributed by atoms with Crippen molar-refractivity contribution in [2.24, 2.45) is 0 Å². The van der Waals surface area contributed by atoms with Crippen LogP contribution in [0.5, 0.6) is 0 Å². The van der Waals surface area contributed by atoms with Crippen LogP contribution >= 0.6 is 11.8 Å². The SMILES string of the molecule is Cc1ccccc1CNC(=O)[C@@H]1C(C)SCN1C(=O)[C@@H](O)[C@H](Cc1ccccc1)NC(=O)Cc1ccc(F)cc1F. The lowest BCUT2D eigenvalue weighted by Crippen LogP contribution is -2.57. The summed E-state index contributed by atoms with van der Waals surface area (Å²) in [5, 5.41) is 16.6. The molecule has 0 spiro atoms. The first-order chi connectivity index (χ1) is 19.6. The van der Waals surface area contributed by atoms with Gasteiger partial charge in [-0.2, -0.15) is 0 Å². The second kappa shape index (κ2) is 13.7. The fraction of sp³-hybridized carbons (Fsp3) is 0.323. The normalized spacial score (nSPS) is 18.0. The maximum absolute atomic E-state index is 14.2. The number of carbonyl (C=O) groups is 3. The van der Waals surface area contributed by atoms with Gasteiger partial charge >= 0.3 is 0 Å². The van der Waals surface area contributed by atoms with Crippen LogP contribution in [0.15, 0.2) is 72.8 Å². The van der Waals surface area contributed by atoms with Crippen molar-refractivity contribution in [2.75, 3.05) is 5.88 Å². The van der Waals surface area contributed by atoms with Gasteiger partial charge in [-0.1, -0.05) is 67.6 Å². The molecule has 0 aliphatic carbocycles. The van der Waals surface area contributed by atoms with Gasteiger partial charge < -0.3 is 20.6 Å². The van der Waals surface area contributed by atoms with Gasteiger partial charge in [0.2, 0.25) is 11.8 Å². The summed E-state index contributed by atoms with van der Waals surface area (Å²) in [6.45, 7) is 4.10. The fourth-order valence-corrected chi connectivity index (χ4v) is 5.96. The topological polar surface area (TPSA) is 98.7 Å². The zero-order valence-electron chi connectivity index (χ0n) is 22.8. The molecule has 1 heterocycles. The van der Waals surface area contributed by atoms with E-state index in [0.717, 1.165) is 22.8 Å². The van der Waals surface area contributed by atoms with Crippen LogP contribution in [-0.2, 0) is 33.8 Å². The zero-order chi connectivity index (χ0) is 29.5. The molecule has 1 fully saturated rings. The van der Waals surface area contributed by atoms with Crippen LogP contribution in [0.4, 0.5) is 8.78 Å². The van der Waals surface area contributed by atoms with Crippen LogP contribution in [0.25, 0.3) is 0 Å². The third kappa shape index (κ3) is 7.71. The highest BCUT2D eigenvalue weighted by molar-refractivity contribution is 8.00. The first-order valence-electron chi connectivity index (χ1n) is 13.3. The van der Waals surface area contributed by atoms with Crippen LogP contribution in [-0.4, -0.2) is 57.0 Å². The number of benzene rings is 3. The van der Waals surface area contributed by atoms with Gasteiger partial charge in [0, 0.05) is 17.9 Å². The Labute approximate surface area is 242 Å². The minimum atomic E-state index is -1.67. The van der Waals surface area contributed by atoms with E-state index in [9.17, 15) is 28.3 Å². The number of hydrogen-bond donors (Lipinski definition) is 3. The molecule has 1 aliphatic rings. The molecule has 0 aromatic heterocycles. The number of nitrogens with zero attached hydrogens (tertiary/aromatic N) is 1. The quantitative estimate of drug-likeness (QED) is 0.341. The Morgan fingerprint density at radius 1 is 1.02 bits per heavy atom. The lowest BCUT2D eigenvalue weighted by molar-refractivity contribution is -0.147. The van der Waals surface area contributed by atoms with E-state index >= 15 is 0 Å². The monoisotopic (exact) mass is 581 g/mol. The average Bonchev–Trinajstić information content (AvgIpc) is 3.34. The van der Waals surface area contributed by atoms with Crippen molar-refractivity contribution in [1.29, 1.82) is 0 Å². The minimum Gasteiger partial charge on any atom is -0.381 e. The van der Waals surface area contributed by atoms with E-state index in [2.05, 4.69) is 10.6 Å². The van der Waals surface area contributed by atoms with Crippen LogP contribution in [0.2, 0.25) is 0 Å². The molecule has 0 radical (unpaired) electrons. The molecular weight excluding hydrogens is 548 g/mol. The predicted octanol–water partition coefficient (Wildman–Crippen LogP) is 3.51. The number of carbonyl (C=O) groups excluding carboxylic acids is 3. The first-order valence-corrected chi connectivity index (χ1v) is 14.4. The molecule has 1 unspecified atom stereocenters. The molecule has 4 rings (SSSR count). The van der Waals surface area contributed by atoms with Crippen molar-refractivity contribution in [3.63, 3.8) is 0 Å². The van der Waals surface area contributed by atoms with Gasteiger partial charge in [0.15, 0.2) is 6.10 Å². The van der Waals surface area contributed by atoms with E-state index in [0.29, 0.717) is 12.6 Å². The average molecular weight is 582 g/mol. The number of nitrogens with one attached hydrogen (secondary N) is 2.